The van der Waals surface area contributed by atoms with E-state index in [2.05, 4.69) is 12.6 Å². The van der Waals surface area contributed by atoms with Crippen LogP contribution in [0.2, 0.25) is 0 Å². The molecule has 1 aromatic rings. The molecule has 0 saturated carbocycles. The van der Waals surface area contributed by atoms with E-state index in [0.29, 0.717) is 5.56 Å². The number of ether oxygens (including phenoxy) is 1. The molecule has 0 aliphatic rings. The summed E-state index contributed by atoms with van der Waals surface area (Å²) in [6, 6.07) is 7.60. The zero-order valence-corrected chi connectivity index (χ0v) is 8.45. The molecule has 0 N–H and O–H groups in total. The van der Waals surface area contributed by atoms with Crippen LogP contribution in [0.5, 0.6) is 5.75 Å². The van der Waals surface area contributed by atoms with Gasteiger partial charge in [-0.1, -0.05) is 13.0 Å². The minimum Gasteiger partial charge on any atom is -0.497 e. The molecule has 0 saturated heterocycles. The molecule has 0 heterocycles. The lowest BCUT2D eigenvalue weighted by Crippen LogP contribution is -1.95. The van der Waals surface area contributed by atoms with Crippen LogP contribution in [0.15, 0.2) is 30.9 Å². The fourth-order valence-electron chi connectivity index (χ4n) is 1.27. The third-order valence-electron chi connectivity index (χ3n) is 2.22. The van der Waals surface area contributed by atoms with E-state index in [1.165, 1.54) is 0 Å². The Hall–Kier alpha value is -1.75. The summed E-state index contributed by atoms with van der Waals surface area (Å²) < 4.78 is 5.11. The summed E-state index contributed by atoms with van der Waals surface area (Å²) in [5.41, 5.74) is 1.64. The maximum absolute atomic E-state index is 8.90. The number of nitriles is 1. The van der Waals surface area contributed by atoms with Crippen LogP contribution in [0, 0.1) is 11.3 Å². The van der Waals surface area contributed by atoms with Gasteiger partial charge >= 0.3 is 0 Å². The molecule has 0 aromatic heterocycles. The first-order valence-electron chi connectivity index (χ1n) is 4.43. The van der Waals surface area contributed by atoms with Crippen molar-refractivity contribution in [3.05, 3.63) is 42.0 Å². The molecule has 0 bridgehead atoms. The molecule has 1 aromatic carbocycles. The van der Waals surface area contributed by atoms with E-state index in [1.807, 2.05) is 19.1 Å². The highest BCUT2D eigenvalue weighted by Crippen LogP contribution is 2.24. The fraction of sp³-hybridized carbons (Fsp3) is 0.250. The van der Waals surface area contributed by atoms with Gasteiger partial charge in [0.05, 0.1) is 18.7 Å². The highest BCUT2D eigenvalue weighted by atomic mass is 16.5. The van der Waals surface area contributed by atoms with Crippen molar-refractivity contribution >= 4 is 0 Å². The second kappa shape index (κ2) is 4.48. The number of rotatable bonds is 3. The fourth-order valence-corrected chi connectivity index (χ4v) is 1.27. The molecular formula is C12H13NO. The quantitative estimate of drug-likeness (QED) is 0.681. The van der Waals surface area contributed by atoms with Crippen LogP contribution < -0.4 is 4.74 Å². The highest BCUT2D eigenvalue weighted by molar-refractivity contribution is 5.45. The third kappa shape index (κ3) is 1.94. The zero-order chi connectivity index (χ0) is 10.6. The molecule has 0 radical (unpaired) electrons. The Balaban J connectivity index is 3.22. The summed E-state index contributed by atoms with van der Waals surface area (Å²) in [7, 11) is 1.61. The van der Waals surface area contributed by atoms with E-state index in [0.717, 1.165) is 11.3 Å². The lowest BCUT2D eigenvalue weighted by molar-refractivity contribution is 0.414. The Bertz CT molecular complexity index is 376. The van der Waals surface area contributed by atoms with Crippen molar-refractivity contribution in [3.8, 4) is 11.8 Å². The minimum atomic E-state index is 0.166. The number of methoxy groups -OCH3 is 1. The molecule has 0 aliphatic carbocycles. The second-order valence-corrected chi connectivity index (χ2v) is 3.09. The number of nitrogens with zero attached hydrogens (tertiary/aromatic N) is 1. The van der Waals surface area contributed by atoms with Crippen LogP contribution in [0.3, 0.4) is 0 Å². The van der Waals surface area contributed by atoms with Crippen LogP contribution in [-0.4, -0.2) is 7.11 Å². The van der Waals surface area contributed by atoms with Crippen molar-refractivity contribution in [2.75, 3.05) is 7.11 Å². The predicted octanol–water partition coefficient (Wildman–Crippen LogP) is 2.86. The van der Waals surface area contributed by atoms with E-state index in [4.69, 9.17) is 10.00 Å². The van der Waals surface area contributed by atoms with Crippen molar-refractivity contribution < 1.29 is 4.74 Å². The van der Waals surface area contributed by atoms with E-state index in [1.54, 1.807) is 19.2 Å². The maximum Gasteiger partial charge on any atom is 0.119 e. The van der Waals surface area contributed by atoms with Crippen LogP contribution in [-0.2, 0) is 0 Å². The second-order valence-electron chi connectivity index (χ2n) is 3.09. The Morgan fingerprint density at radius 2 is 2.29 bits per heavy atom. The average Bonchev–Trinajstić information content (AvgIpc) is 2.27. The number of hydrogen-bond acceptors (Lipinski definition) is 2. The zero-order valence-electron chi connectivity index (χ0n) is 8.45. The van der Waals surface area contributed by atoms with Gasteiger partial charge in [0, 0.05) is 5.92 Å². The molecule has 1 rings (SSSR count). The van der Waals surface area contributed by atoms with Gasteiger partial charge in [0.25, 0.3) is 0 Å². The van der Waals surface area contributed by atoms with Gasteiger partial charge < -0.3 is 4.74 Å². The van der Waals surface area contributed by atoms with Crippen LogP contribution in [0.1, 0.15) is 24.0 Å². The van der Waals surface area contributed by atoms with Crippen molar-refractivity contribution in [1.29, 1.82) is 5.26 Å². The highest BCUT2D eigenvalue weighted by Gasteiger charge is 2.08. The first-order valence-corrected chi connectivity index (χ1v) is 4.43. The summed E-state index contributed by atoms with van der Waals surface area (Å²) in [5, 5.41) is 8.90. The largest absolute Gasteiger partial charge is 0.497 e. The summed E-state index contributed by atoms with van der Waals surface area (Å²) in [6.45, 7) is 5.72. The summed E-state index contributed by atoms with van der Waals surface area (Å²) in [5.74, 6) is 0.937. The molecule has 0 spiro atoms. The molecule has 72 valence electrons. The molecule has 0 fully saturated rings. The Labute approximate surface area is 84.4 Å². The van der Waals surface area contributed by atoms with E-state index < -0.39 is 0 Å². The lowest BCUT2D eigenvalue weighted by atomic mass is 9.96. The first kappa shape index (κ1) is 10.3. The van der Waals surface area contributed by atoms with Crippen LogP contribution in [0.25, 0.3) is 0 Å². The van der Waals surface area contributed by atoms with Crippen LogP contribution in [0.4, 0.5) is 0 Å². The van der Waals surface area contributed by atoms with Gasteiger partial charge in [-0.05, 0) is 23.8 Å². The summed E-state index contributed by atoms with van der Waals surface area (Å²) in [4.78, 5) is 0. The molecule has 0 amide bonds. The Kier molecular flexibility index (Phi) is 3.30. The first-order chi connectivity index (χ1) is 6.72. The molecule has 2 nitrogen and oxygen atoms in total. The normalized spacial score (nSPS) is 11.5. The lowest BCUT2D eigenvalue weighted by Gasteiger charge is -2.10. The van der Waals surface area contributed by atoms with Crippen molar-refractivity contribution in [2.24, 2.45) is 0 Å². The van der Waals surface area contributed by atoms with E-state index in [-0.39, 0.29) is 5.92 Å². The average molecular weight is 187 g/mol. The SMILES string of the molecule is C=CC(C)c1cc(OC)ccc1C#N. The Morgan fingerprint density at radius 3 is 2.79 bits per heavy atom. The van der Waals surface area contributed by atoms with Gasteiger partial charge in [0.2, 0.25) is 0 Å². The molecule has 1 atom stereocenters. The summed E-state index contributed by atoms with van der Waals surface area (Å²) >= 11 is 0. The molecular weight excluding hydrogens is 174 g/mol. The number of hydrogen-bond donors (Lipinski definition) is 0. The maximum atomic E-state index is 8.90. The van der Waals surface area contributed by atoms with E-state index in [9.17, 15) is 0 Å². The van der Waals surface area contributed by atoms with Gasteiger partial charge in [-0.15, -0.1) is 6.58 Å². The molecule has 14 heavy (non-hydrogen) atoms. The topological polar surface area (TPSA) is 33.0 Å². The van der Waals surface area contributed by atoms with Crippen molar-refractivity contribution in [3.63, 3.8) is 0 Å². The smallest absolute Gasteiger partial charge is 0.119 e. The predicted molar refractivity (Wildman–Crippen MR) is 56.3 cm³/mol. The van der Waals surface area contributed by atoms with E-state index >= 15 is 0 Å². The van der Waals surface area contributed by atoms with Gasteiger partial charge in [-0.25, -0.2) is 0 Å². The van der Waals surface area contributed by atoms with Gasteiger partial charge in [0.1, 0.15) is 5.75 Å². The van der Waals surface area contributed by atoms with Crippen molar-refractivity contribution in [2.45, 2.75) is 12.8 Å². The molecule has 0 aliphatic heterocycles. The number of allylic oxidation sites excluding steroid dienone is 1. The molecule has 1 unspecified atom stereocenters. The standard InChI is InChI=1S/C12H13NO/c1-4-9(2)12-7-11(14-3)6-5-10(12)8-13/h4-7,9H,1H2,2-3H3. The van der Waals surface area contributed by atoms with Gasteiger partial charge in [-0.2, -0.15) is 5.26 Å². The summed E-state index contributed by atoms with van der Waals surface area (Å²) in [6.07, 6.45) is 1.82. The monoisotopic (exact) mass is 187 g/mol. The minimum absolute atomic E-state index is 0.166. The third-order valence-corrected chi connectivity index (χ3v) is 2.22. The van der Waals surface area contributed by atoms with Crippen molar-refractivity contribution in [1.82, 2.24) is 0 Å². The van der Waals surface area contributed by atoms with Crippen LogP contribution >= 0.6 is 0 Å². The molecule has 2 heteroatoms. The number of benzene rings is 1. The van der Waals surface area contributed by atoms with Gasteiger partial charge in [-0.3, -0.25) is 0 Å². The van der Waals surface area contributed by atoms with Gasteiger partial charge in [0.15, 0.2) is 0 Å². The Morgan fingerprint density at radius 1 is 1.57 bits per heavy atom.